The van der Waals surface area contributed by atoms with Gasteiger partial charge >= 0.3 is 0 Å². The lowest BCUT2D eigenvalue weighted by molar-refractivity contribution is -0.111. The molecule has 21 heavy (non-hydrogen) atoms. The molecule has 0 amide bonds. The van der Waals surface area contributed by atoms with E-state index in [4.69, 9.17) is 11.5 Å². The van der Waals surface area contributed by atoms with Gasteiger partial charge in [-0.3, -0.25) is 0 Å². The topological polar surface area (TPSA) is 52.0 Å². The molecule has 120 valence electrons. The number of nitrogens with two attached hydrogens (primary N) is 2. The van der Waals surface area contributed by atoms with Crippen molar-refractivity contribution in [2.75, 3.05) is 0 Å². The molecule has 2 heteroatoms. The van der Waals surface area contributed by atoms with Crippen LogP contribution in [0.1, 0.15) is 71.6 Å². The Balaban J connectivity index is 1.67. The van der Waals surface area contributed by atoms with Crippen molar-refractivity contribution in [2.45, 2.75) is 83.7 Å². The highest BCUT2D eigenvalue weighted by Gasteiger charge is 2.59. The third kappa shape index (κ3) is 1.97. The van der Waals surface area contributed by atoms with E-state index in [1.54, 1.807) is 0 Å². The minimum Gasteiger partial charge on any atom is -0.328 e. The van der Waals surface area contributed by atoms with Crippen LogP contribution >= 0.6 is 0 Å². The second kappa shape index (κ2) is 4.71. The molecule has 4 rings (SSSR count). The summed E-state index contributed by atoms with van der Waals surface area (Å²) in [6, 6.07) is 0.905. The summed E-state index contributed by atoms with van der Waals surface area (Å²) >= 11 is 0. The first-order chi connectivity index (χ1) is 9.94. The van der Waals surface area contributed by atoms with Crippen LogP contribution in [0.3, 0.4) is 0 Å². The van der Waals surface area contributed by atoms with Gasteiger partial charge in [-0.1, -0.05) is 26.7 Å². The molecule has 0 aromatic heterocycles. The summed E-state index contributed by atoms with van der Waals surface area (Å²) < 4.78 is 0. The minimum atomic E-state index is 0.451. The van der Waals surface area contributed by atoms with E-state index in [1.807, 2.05) is 0 Å². The van der Waals surface area contributed by atoms with Crippen LogP contribution in [0.2, 0.25) is 0 Å². The Labute approximate surface area is 130 Å². The summed E-state index contributed by atoms with van der Waals surface area (Å²) in [7, 11) is 0. The van der Waals surface area contributed by atoms with E-state index in [0.717, 1.165) is 23.7 Å². The Hall–Kier alpha value is -0.0800. The predicted molar refractivity (Wildman–Crippen MR) is 87.7 cm³/mol. The molecule has 0 saturated heterocycles. The molecule has 4 saturated carbocycles. The van der Waals surface area contributed by atoms with Crippen LogP contribution in [0.5, 0.6) is 0 Å². The molecule has 4 aliphatic carbocycles. The van der Waals surface area contributed by atoms with Gasteiger partial charge in [0.25, 0.3) is 0 Å². The number of rotatable bonds is 0. The molecule has 0 aliphatic heterocycles. The largest absolute Gasteiger partial charge is 0.328 e. The number of fused-ring (bicyclic) bond motifs is 5. The van der Waals surface area contributed by atoms with Crippen molar-refractivity contribution in [3.05, 3.63) is 0 Å². The van der Waals surface area contributed by atoms with E-state index >= 15 is 0 Å². The van der Waals surface area contributed by atoms with Crippen LogP contribution in [0.15, 0.2) is 0 Å². The molecule has 0 spiro atoms. The van der Waals surface area contributed by atoms with Crippen molar-refractivity contribution in [3.63, 3.8) is 0 Å². The molecule has 4 fully saturated rings. The standard InChI is InChI=1S/C19H34N2/c1-18-8-6-14-13(16(18)9-12(20)11-18)10-17(21)15-5-3-4-7-19(14,15)2/h12-17H,3-11,20-21H2,1-2H3/t12?,13-,14+,15-,16+,17?,18-,19-/m1/s1. The lowest BCUT2D eigenvalue weighted by Crippen LogP contribution is -2.58. The monoisotopic (exact) mass is 290 g/mol. The Morgan fingerprint density at radius 3 is 2.48 bits per heavy atom. The van der Waals surface area contributed by atoms with Crippen LogP contribution < -0.4 is 11.5 Å². The van der Waals surface area contributed by atoms with Crippen LogP contribution in [0.25, 0.3) is 0 Å². The number of hydrogen-bond donors (Lipinski definition) is 2. The van der Waals surface area contributed by atoms with E-state index in [2.05, 4.69) is 13.8 Å². The first-order valence-electron chi connectivity index (χ1n) is 9.45. The van der Waals surface area contributed by atoms with Crippen LogP contribution in [0.4, 0.5) is 0 Å². The summed E-state index contributed by atoms with van der Waals surface area (Å²) in [5, 5.41) is 0. The van der Waals surface area contributed by atoms with Crippen LogP contribution in [-0.4, -0.2) is 12.1 Å². The van der Waals surface area contributed by atoms with E-state index in [9.17, 15) is 0 Å². The van der Waals surface area contributed by atoms with Crippen molar-refractivity contribution in [3.8, 4) is 0 Å². The minimum absolute atomic E-state index is 0.451. The van der Waals surface area contributed by atoms with Gasteiger partial charge in [-0.25, -0.2) is 0 Å². The summed E-state index contributed by atoms with van der Waals surface area (Å²) in [4.78, 5) is 0. The number of hydrogen-bond acceptors (Lipinski definition) is 2. The van der Waals surface area contributed by atoms with Crippen molar-refractivity contribution < 1.29 is 0 Å². The maximum Gasteiger partial charge on any atom is 0.00753 e. The average Bonchev–Trinajstić information content (AvgIpc) is 2.73. The SMILES string of the molecule is C[C@]12CC[C@H]3[C@@H](CC(N)[C@H]4CCCC[C@@]43C)[C@@H]1CC(N)C2. The highest BCUT2D eigenvalue weighted by atomic mass is 14.8. The van der Waals surface area contributed by atoms with Crippen molar-refractivity contribution >= 4 is 0 Å². The molecule has 0 radical (unpaired) electrons. The molecule has 2 nitrogen and oxygen atoms in total. The van der Waals surface area contributed by atoms with Gasteiger partial charge in [0.05, 0.1) is 0 Å². The van der Waals surface area contributed by atoms with Gasteiger partial charge in [0.2, 0.25) is 0 Å². The third-order valence-electron chi connectivity index (χ3n) is 8.48. The van der Waals surface area contributed by atoms with Crippen LogP contribution in [-0.2, 0) is 0 Å². The molecule has 0 aromatic carbocycles. The predicted octanol–water partition coefficient (Wildman–Crippen LogP) is 3.68. The fourth-order valence-electron chi connectivity index (χ4n) is 7.58. The second-order valence-electron chi connectivity index (χ2n) is 9.53. The first kappa shape index (κ1) is 14.5. The highest BCUT2D eigenvalue weighted by Crippen LogP contribution is 2.65. The maximum atomic E-state index is 6.71. The van der Waals surface area contributed by atoms with Gasteiger partial charge in [-0.15, -0.1) is 0 Å². The lowest BCUT2D eigenvalue weighted by atomic mass is 9.44. The Morgan fingerprint density at radius 1 is 0.857 bits per heavy atom. The molecule has 0 aromatic rings. The average molecular weight is 290 g/mol. The Bertz CT molecular complexity index is 422. The zero-order chi connectivity index (χ0) is 14.8. The Morgan fingerprint density at radius 2 is 1.67 bits per heavy atom. The summed E-state index contributed by atoms with van der Waals surface area (Å²) in [5.74, 6) is 3.46. The quantitative estimate of drug-likeness (QED) is 0.715. The maximum absolute atomic E-state index is 6.71. The van der Waals surface area contributed by atoms with Crippen molar-refractivity contribution in [1.29, 1.82) is 0 Å². The molecule has 8 atom stereocenters. The molecule has 0 heterocycles. The summed E-state index contributed by atoms with van der Waals surface area (Å²) in [6.45, 7) is 5.13. The smallest absolute Gasteiger partial charge is 0.00753 e. The fraction of sp³-hybridized carbons (Fsp3) is 1.00. The van der Waals surface area contributed by atoms with Gasteiger partial charge in [0.15, 0.2) is 0 Å². The van der Waals surface area contributed by atoms with Crippen LogP contribution in [0, 0.1) is 34.5 Å². The van der Waals surface area contributed by atoms with Gasteiger partial charge in [0.1, 0.15) is 0 Å². The fourth-order valence-corrected chi connectivity index (χ4v) is 7.58. The normalized spacial score (nSPS) is 60.0. The second-order valence-corrected chi connectivity index (χ2v) is 9.53. The summed E-state index contributed by atoms with van der Waals surface area (Å²) in [6.07, 6.45) is 12.4. The molecular formula is C19H34N2. The van der Waals surface area contributed by atoms with Gasteiger partial charge in [-0.05, 0) is 79.4 Å². The first-order valence-corrected chi connectivity index (χ1v) is 9.45. The van der Waals surface area contributed by atoms with E-state index in [0.29, 0.717) is 22.9 Å². The van der Waals surface area contributed by atoms with E-state index < -0.39 is 0 Å². The molecular weight excluding hydrogens is 256 g/mol. The van der Waals surface area contributed by atoms with Gasteiger partial charge in [-0.2, -0.15) is 0 Å². The van der Waals surface area contributed by atoms with E-state index in [-0.39, 0.29) is 0 Å². The highest BCUT2D eigenvalue weighted by molar-refractivity contribution is 5.10. The van der Waals surface area contributed by atoms with E-state index in [1.165, 1.54) is 57.8 Å². The van der Waals surface area contributed by atoms with Crippen molar-refractivity contribution in [1.82, 2.24) is 0 Å². The van der Waals surface area contributed by atoms with Crippen molar-refractivity contribution in [2.24, 2.45) is 46.0 Å². The molecule has 4 aliphatic rings. The zero-order valence-electron chi connectivity index (χ0n) is 14.0. The summed E-state index contributed by atoms with van der Waals surface area (Å²) in [5.41, 5.74) is 14.1. The third-order valence-corrected chi connectivity index (χ3v) is 8.48. The molecule has 4 N–H and O–H groups in total. The Kier molecular flexibility index (Phi) is 3.25. The van der Waals surface area contributed by atoms with Gasteiger partial charge in [0, 0.05) is 12.1 Å². The molecule has 2 unspecified atom stereocenters. The lowest BCUT2D eigenvalue weighted by Gasteiger charge is -2.61. The molecule has 0 bridgehead atoms. The zero-order valence-corrected chi connectivity index (χ0v) is 14.0. The van der Waals surface area contributed by atoms with Gasteiger partial charge < -0.3 is 11.5 Å².